The van der Waals surface area contributed by atoms with Crippen LogP contribution in [0.2, 0.25) is 5.02 Å². The monoisotopic (exact) mass is 495 g/mol. The summed E-state index contributed by atoms with van der Waals surface area (Å²) in [6.07, 6.45) is 0. The Morgan fingerprint density at radius 2 is 1.67 bits per heavy atom. The summed E-state index contributed by atoms with van der Waals surface area (Å²) < 4.78 is 5.59. The minimum Gasteiger partial charge on any atom is -0.454 e. The van der Waals surface area contributed by atoms with E-state index in [1.54, 1.807) is 49.4 Å². The standard InChI is InChI=1S/C20H19BrClN3O5/c1-12-15(22)3-2-4-16(12)25-17(26)9-23-18(27)11-30-19(28)10-24-20(29)13-5-7-14(21)8-6-13/h2-8H,9-11H2,1H3,(H,23,27)(H,24,29)(H,25,26). The Labute approximate surface area is 186 Å². The van der Waals surface area contributed by atoms with Gasteiger partial charge in [-0.2, -0.15) is 0 Å². The van der Waals surface area contributed by atoms with Gasteiger partial charge in [0.05, 0.1) is 6.54 Å². The van der Waals surface area contributed by atoms with Gasteiger partial charge in [0, 0.05) is 20.7 Å². The van der Waals surface area contributed by atoms with Gasteiger partial charge in [0.25, 0.3) is 11.8 Å². The molecule has 2 aromatic rings. The molecule has 0 unspecified atom stereocenters. The van der Waals surface area contributed by atoms with Gasteiger partial charge in [0.2, 0.25) is 5.91 Å². The first-order chi connectivity index (χ1) is 14.3. The number of anilines is 1. The third-order valence-corrected chi connectivity index (χ3v) is 4.79. The summed E-state index contributed by atoms with van der Waals surface area (Å²) >= 11 is 9.25. The molecule has 0 aromatic heterocycles. The summed E-state index contributed by atoms with van der Waals surface area (Å²) in [6.45, 7) is 0.487. The van der Waals surface area contributed by atoms with E-state index in [-0.39, 0.29) is 6.54 Å². The maximum absolute atomic E-state index is 11.9. The molecule has 0 aliphatic heterocycles. The van der Waals surface area contributed by atoms with Crippen molar-refractivity contribution in [3.63, 3.8) is 0 Å². The highest BCUT2D eigenvalue weighted by Gasteiger charge is 2.12. The fourth-order valence-corrected chi connectivity index (χ4v) is 2.66. The second-order valence-corrected chi connectivity index (χ2v) is 7.41. The topological polar surface area (TPSA) is 114 Å². The van der Waals surface area contributed by atoms with Crippen molar-refractivity contribution < 1.29 is 23.9 Å². The van der Waals surface area contributed by atoms with E-state index in [4.69, 9.17) is 16.3 Å². The van der Waals surface area contributed by atoms with E-state index < -0.39 is 36.8 Å². The van der Waals surface area contributed by atoms with Gasteiger partial charge < -0.3 is 20.7 Å². The first-order valence-electron chi connectivity index (χ1n) is 8.77. The molecule has 3 N–H and O–H groups in total. The van der Waals surface area contributed by atoms with Crippen molar-refractivity contribution >= 4 is 56.9 Å². The number of hydrogen-bond donors (Lipinski definition) is 3. The normalized spacial score (nSPS) is 10.1. The van der Waals surface area contributed by atoms with Crippen LogP contribution in [0.3, 0.4) is 0 Å². The predicted octanol–water partition coefficient (Wildman–Crippen LogP) is 2.44. The van der Waals surface area contributed by atoms with Crippen LogP contribution in [0.1, 0.15) is 15.9 Å². The van der Waals surface area contributed by atoms with E-state index in [2.05, 4.69) is 31.9 Å². The lowest BCUT2D eigenvalue weighted by molar-refractivity contribution is -0.147. The lowest BCUT2D eigenvalue weighted by Gasteiger charge is -2.10. The summed E-state index contributed by atoms with van der Waals surface area (Å²) in [5.41, 5.74) is 1.62. The summed E-state index contributed by atoms with van der Waals surface area (Å²) in [5.74, 6) is -2.34. The quantitative estimate of drug-likeness (QED) is 0.486. The zero-order chi connectivity index (χ0) is 22.1. The summed E-state index contributed by atoms with van der Waals surface area (Å²) in [4.78, 5) is 47.2. The molecule has 2 aromatic carbocycles. The molecule has 0 heterocycles. The van der Waals surface area contributed by atoms with Crippen molar-refractivity contribution in [3.8, 4) is 0 Å². The van der Waals surface area contributed by atoms with E-state index >= 15 is 0 Å². The van der Waals surface area contributed by atoms with Crippen molar-refractivity contribution in [2.45, 2.75) is 6.92 Å². The van der Waals surface area contributed by atoms with Gasteiger partial charge in [-0.25, -0.2) is 0 Å². The molecule has 0 bridgehead atoms. The first-order valence-corrected chi connectivity index (χ1v) is 9.94. The van der Waals surface area contributed by atoms with Crippen molar-refractivity contribution in [3.05, 3.63) is 63.1 Å². The highest BCUT2D eigenvalue weighted by atomic mass is 79.9. The second-order valence-electron chi connectivity index (χ2n) is 6.09. The van der Waals surface area contributed by atoms with Crippen LogP contribution in [-0.2, 0) is 19.1 Å². The molecule has 0 aliphatic rings. The van der Waals surface area contributed by atoms with Crippen LogP contribution in [-0.4, -0.2) is 43.4 Å². The smallest absolute Gasteiger partial charge is 0.325 e. The Balaban J connectivity index is 1.66. The van der Waals surface area contributed by atoms with Gasteiger partial charge in [0.1, 0.15) is 6.54 Å². The Kier molecular flexibility index (Phi) is 8.82. The molecule has 0 radical (unpaired) electrons. The number of ether oxygens (including phenoxy) is 1. The number of carbonyl (C=O) groups is 4. The lowest BCUT2D eigenvalue weighted by Crippen LogP contribution is -2.37. The molecule has 0 fully saturated rings. The van der Waals surface area contributed by atoms with Gasteiger partial charge in [-0.3, -0.25) is 19.2 Å². The zero-order valence-electron chi connectivity index (χ0n) is 16.0. The third-order valence-electron chi connectivity index (χ3n) is 3.85. The number of nitrogens with one attached hydrogen (secondary N) is 3. The van der Waals surface area contributed by atoms with Crippen molar-refractivity contribution in [2.75, 3.05) is 25.0 Å². The average Bonchev–Trinajstić information content (AvgIpc) is 2.72. The fourth-order valence-electron chi connectivity index (χ4n) is 2.22. The molecular formula is C20H19BrClN3O5. The van der Waals surface area contributed by atoms with Crippen LogP contribution in [0, 0.1) is 6.92 Å². The van der Waals surface area contributed by atoms with Crippen LogP contribution in [0.25, 0.3) is 0 Å². The molecular weight excluding hydrogens is 478 g/mol. The van der Waals surface area contributed by atoms with Gasteiger partial charge in [-0.15, -0.1) is 0 Å². The van der Waals surface area contributed by atoms with E-state index in [9.17, 15) is 19.2 Å². The molecule has 30 heavy (non-hydrogen) atoms. The maximum atomic E-state index is 11.9. The molecule has 158 valence electrons. The number of carbonyl (C=O) groups excluding carboxylic acids is 4. The summed E-state index contributed by atoms with van der Waals surface area (Å²) in [5, 5.41) is 7.87. The van der Waals surface area contributed by atoms with Crippen molar-refractivity contribution in [2.24, 2.45) is 0 Å². The number of benzene rings is 2. The maximum Gasteiger partial charge on any atom is 0.325 e. The van der Waals surface area contributed by atoms with Gasteiger partial charge in [-0.1, -0.05) is 33.6 Å². The van der Waals surface area contributed by atoms with Gasteiger partial charge in [0.15, 0.2) is 6.61 Å². The second kappa shape index (κ2) is 11.3. The van der Waals surface area contributed by atoms with E-state index in [0.717, 1.165) is 4.47 Å². The number of hydrogen-bond acceptors (Lipinski definition) is 5. The Morgan fingerprint density at radius 3 is 2.37 bits per heavy atom. The summed E-state index contributed by atoms with van der Waals surface area (Å²) in [6, 6.07) is 11.7. The minimum atomic E-state index is -0.783. The third kappa shape index (κ3) is 7.49. The number of amides is 3. The Morgan fingerprint density at radius 1 is 0.967 bits per heavy atom. The van der Waals surface area contributed by atoms with Gasteiger partial charge in [-0.05, 0) is 48.9 Å². The number of halogens is 2. The van der Waals surface area contributed by atoms with Crippen molar-refractivity contribution in [1.29, 1.82) is 0 Å². The average molecular weight is 497 g/mol. The first kappa shape index (κ1) is 23.4. The molecule has 3 amide bonds. The van der Waals surface area contributed by atoms with Crippen LogP contribution >= 0.6 is 27.5 Å². The number of rotatable bonds is 8. The highest BCUT2D eigenvalue weighted by Crippen LogP contribution is 2.22. The van der Waals surface area contributed by atoms with Crippen LogP contribution in [0.5, 0.6) is 0 Å². The van der Waals surface area contributed by atoms with Crippen molar-refractivity contribution in [1.82, 2.24) is 10.6 Å². The molecule has 0 saturated carbocycles. The SMILES string of the molecule is Cc1c(Cl)cccc1NC(=O)CNC(=O)COC(=O)CNC(=O)c1ccc(Br)cc1. The molecule has 8 nitrogen and oxygen atoms in total. The molecule has 0 atom stereocenters. The fraction of sp³-hybridized carbons (Fsp3) is 0.200. The highest BCUT2D eigenvalue weighted by molar-refractivity contribution is 9.10. The van der Waals surface area contributed by atoms with E-state index in [1.165, 1.54) is 0 Å². The lowest BCUT2D eigenvalue weighted by atomic mass is 10.2. The molecule has 0 aliphatic carbocycles. The molecule has 0 spiro atoms. The van der Waals surface area contributed by atoms with Crippen LogP contribution in [0.4, 0.5) is 5.69 Å². The predicted molar refractivity (Wildman–Crippen MR) is 115 cm³/mol. The molecule has 10 heteroatoms. The molecule has 0 saturated heterocycles. The van der Waals surface area contributed by atoms with Crippen LogP contribution < -0.4 is 16.0 Å². The number of esters is 1. The van der Waals surface area contributed by atoms with Crippen LogP contribution in [0.15, 0.2) is 46.9 Å². The molecule has 2 rings (SSSR count). The Bertz CT molecular complexity index is 950. The van der Waals surface area contributed by atoms with Gasteiger partial charge >= 0.3 is 5.97 Å². The minimum absolute atomic E-state index is 0.303. The zero-order valence-corrected chi connectivity index (χ0v) is 18.3. The largest absolute Gasteiger partial charge is 0.454 e. The van der Waals surface area contributed by atoms with E-state index in [1.807, 2.05) is 0 Å². The van der Waals surface area contributed by atoms with E-state index in [0.29, 0.717) is 21.8 Å². The Hall–Kier alpha value is -2.91. The summed E-state index contributed by atoms with van der Waals surface area (Å²) in [7, 11) is 0.